The zero-order valence-corrected chi connectivity index (χ0v) is 16.6. The summed E-state index contributed by atoms with van der Waals surface area (Å²) in [6.07, 6.45) is 2.33. The van der Waals surface area contributed by atoms with Crippen LogP contribution in [0.15, 0.2) is 59.8 Å². The molecule has 0 bridgehead atoms. The Balaban J connectivity index is 1.56. The van der Waals surface area contributed by atoms with Crippen molar-refractivity contribution in [3.05, 3.63) is 76.6 Å². The van der Waals surface area contributed by atoms with Gasteiger partial charge in [0.05, 0.1) is 11.8 Å². The molecule has 27 heavy (non-hydrogen) atoms. The van der Waals surface area contributed by atoms with Gasteiger partial charge in [-0.15, -0.1) is 10.2 Å². The number of carbonyl (C=O) groups excluding carboxylic acids is 1. The average Bonchev–Trinajstić information content (AvgIpc) is 3.46. The first-order valence-corrected chi connectivity index (χ1v) is 10.3. The second-order valence-corrected chi connectivity index (χ2v) is 8.56. The molecule has 138 valence electrons. The molecule has 1 atom stereocenters. The van der Waals surface area contributed by atoms with Crippen molar-refractivity contribution in [3.63, 3.8) is 0 Å². The SMILES string of the molecule is C[C@@H](Sc1nnc(C2CC2)n1Cc1ccccc1)C(=O)c1ccc(Cl)cc1. The normalized spacial score (nSPS) is 14.9. The molecule has 4 nitrogen and oxygen atoms in total. The van der Waals surface area contributed by atoms with E-state index in [2.05, 4.69) is 26.9 Å². The molecule has 0 aliphatic heterocycles. The highest BCUT2D eigenvalue weighted by molar-refractivity contribution is 8.00. The lowest BCUT2D eigenvalue weighted by Gasteiger charge is -2.13. The molecule has 0 amide bonds. The molecule has 1 aliphatic rings. The average molecular weight is 398 g/mol. The van der Waals surface area contributed by atoms with Gasteiger partial charge in [0.2, 0.25) is 0 Å². The van der Waals surface area contributed by atoms with Gasteiger partial charge in [-0.25, -0.2) is 0 Å². The third-order valence-corrected chi connectivity index (χ3v) is 5.98. The second-order valence-electron chi connectivity index (χ2n) is 6.82. The van der Waals surface area contributed by atoms with Gasteiger partial charge in [0.1, 0.15) is 5.82 Å². The first-order chi connectivity index (χ1) is 13.1. The van der Waals surface area contributed by atoms with Crippen LogP contribution in [0.1, 0.15) is 47.4 Å². The summed E-state index contributed by atoms with van der Waals surface area (Å²) < 4.78 is 2.17. The van der Waals surface area contributed by atoms with Crippen LogP contribution >= 0.6 is 23.4 Å². The van der Waals surface area contributed by atoms with Crippen molar-refractivity contribution in [3.8, 4) is 0 Å². The van der Waals surface area contributed by atoms with Gasteiger partial charge < -0.3 is 4.57 Å². The van der Waals surface area contributed by atoms with E-state index in [0.717, 1.165) is 30.4 Å². The molecule has 0 spiro atoms. The predicted molar refractivity (Wildman–Crippen MR) is 109 cm³/mol. The summed E-state index contributed by atoms with van der Waals surface area (Å²) in [5.41, 5.74) is 1.87. The highest BCUT2D eigenvalue weighted by atomic mass is 35.5. The monoisotopic (exact) mass is 397 g/mol. The molecule has 1 saturated carbocycles. The Labute approximate surface area is 168 Å². The maximum atomic E-state index is 12.8. The third kappa shape index (κ3) is 4.25. The Bertz CT molecular complexity index is 936. The van der Waals surface area contributed by atoms with Gasteiger partial charge in [0.15, 0.2) is 10.9 Å². The molecular formula is C21H20ClN3OS. The van der Waals surface area contributed by atoms with Crippen LogP contribution in [0.4, 0.5) is 0 Å². The van der Waals surface area contributed by atoms with Crippen LogP contribution < -0.4 is 0 Å². The summed E-state index contributed by atoms with van der Waals surface area (Å²) in [6, 6.07) is 17.3. The van der Waals surface area contributed by atoms with E-state index < -0.39 is 0 Å². The summed E-state index contributed by atoms with van der Waals surface area (Å²) in [6.45, 7) is 2.64. The largest absolute Gasteiger partial charge is 0.301 e. The topological polar surface area (TPSA) is 47.8 Å². The fraction of sp³-hybridized carbons (Fsp3) is 0.286. The fourth-order valence-corrected chi connectivity index (χ4v) is 4.06. The summed E-state index contributed by atoms with van der Waals surface area (Å²) in [7, 11) is 0. The minimum absolute atomic E-state index is 0.0684. The number of benzene rings is 2. The number of rotatable bonds is 7. The van der Waals surface area contributed by atoms with Crippen molar-refractivity contribution in [1.29, 1.82) is 0 Å². The Morgan fingerprint density at radius 2 is 1.85 bits per heavy atom. The van der Waals surface area contributed by atoms with Gasteiger partial charge in [-0.2, -0.15) is 0 Å². The van der Waals surface area contributed by atoms with Crippen molar-refractivity contribution < 1.29 is 4.79 Å². The Kier molecular flexibility index (Phi) is 5.32. The van der Waals surface area contributed by atoms with E-state index >= 15 is 0 Å². The molecule has 0 radical (unpaired) electrons. The molecule has 3 aromatic rings. The maximum absolute atomic E-state index is 12.8. The minimum atomic E-state index is -0.253. The van der Waals surface area contributed by atoms with Crippen molar-refractivity contribution in [2.45, 2.75) is 42.6 Å². The number of hydrogen-bond donors (Lipinski definition) is 0. The molecule has 2 aromatic carbocycles. The highest BCUT2D eigenvalue weighted by Gasteiger charge is 2.31. The van der Waals surface area contributed by atoms with Crippen LogP contribution in [-0.2, 0) is 6.54 Å². The standard InChI is InChI=1S/C21H20ClN3OS/c1-14(19(26)16-9-11-18(22)12-10-16)27-21-24-23-20(17-7-8-17)25(21)13-15-5-3-2-4-6-15/h2-6,9-12,14,17H,7-8,13H2,1H3/t14-/m1/s1. The number of nitrogens with zero attached hydrogens (tertiary/aromatic N) is 3. The van der Waals surface area contributed by atoms with Crippen molar-refractivity contribution in [2.24, 2.45) is 0 Å². The lowest BCUT2D eigenvalue weighted by molar-refractivity contribution is 0.0994. The van der Waals surface area contributed by atoms with E-state index in [1.54, 1.807) is 24.3 Å². The van der Waals surface area contributed by atoms with Crippen LogP contribution in [-0.4, -0.2) is 25.8 Å². The zero-order valence-electron chi connectivity index (χ0n) is 15.0. The van der Waals surface area contributed by atoms with Gasteiger partial charge in [0, 0.05) is 16.5 Å². The number of Topliss-reactive ketones (excluding diaryl/α,β-unsaturated/α-hetero) is 1. The van der Waals surface area contributed by atoms with E-state index in [1.165, 1.54) is 17.3 Å². The summed E-state index contributed by atoms with van der Waals surface area (Å²) >= 11 is 7.39. The maximum Gasteiger partial charge on any atom is 0.192 e. The Hall–Kier alpha value is -2.11. The van der Waals surface area contributed by atoms with Crippen LogP contribution in [0.2, 0.25) is 5.02 Å². The molecule has 1 aromatic heterocycles. The number of ketones is 1. The van der Waals surface area contributed by atoms with Crippen molar-refractivity contribution >= 4 is 29.1 Å². The molecule has 4 rings (SSSR count). The lowest BCUT2D eigenvalue weighted by Crippen LogP contribution is -2.15. The molecule has 0 saturated heterocycles. The quantitative estimate of drug-likeness (QED) is 0.405. The van der Waals surface area contributed by atoms with Gasteiger partial charge in [-0.3, -0.25) is 4.79 Å². The summed E-state index contributed by atoms with van der Waals surface area (Å²) in [5.74, 6) is 1.60. The highest BCUT2D eigenvalue weighted by Crippen LogP contribution is 2.40. The number of hydrogen-bond acceptors (Lipinski definition) is 4. The first kappa shape index (κ1) is 18.3. The van der Waals surface area contributed by atoms with E-state index in [9.17, 15) is 4.79 Å². The van der Waals surface area contributed by atoms with Crippen LogP contribution in [0.3, 0.4) is 0 Å². The van der Waals surface area contributed by atoms with Crippen molar-refractivity contribution in [1.82, 2.24) is 14.8 Å². The van der Waals surface area contributed by atoms with Crippen LogP contribution in [0, 0.1) is 0 Å². The van der Waals surface area contributed by atoms with E-state index in [1.807, 2.05) is 25.1 Å². The smallest absolute Gasteiger partial charge is 0.192 e. The van der Waals surface area contributed by atoms with E-state index in [0.29, 0.717) is 16.5 Å². The second kappa shape index (κ2) is 7.87. The first-order valence-electron chi connectivity index (χ1n) is 9.05. The molecule has 1 heterocycles. The Morgan fingerprint density at radius 1 is 1.15 bits per heavy atom. The number of aromatic nitrogens is 3. The molecule has 0 N–H and O–H groups in total. The van der Waals surface area contributed by atoms with Gasteiger partial charge in [-0.1, -0.05) is 53.7 Å². The zero-order chi connectivity index (χ0) is 18.8. The van der Waals surface area contributed by atoms with Crippen LogP contribution in [0.5, 0.6) is 0 Å². The van der Waals surface area contributed by atoms with Gasteiger partial charge in [0.25, 0.3) is 0 Å². The van der Waals surface area contributed by atoms with E-state index in [4.69, 9.17) is 11.6 Å². The van der Waals surface area contributed by atoms with Gasteiger partial charge in [-0.05, 0) is 49.6 Å². The molecule has 0 unspecified atom stereocenters. The predicted octanol–water partition coefficient (Wildman–Crippen LogP) is 5.22. The number of halogens is 1. The Morgan fingerprint density at radius 3 is 2.52 bits per heavy atom. The summed E-state index contributed by atoms with van der Waals surface area (Å²) in [5, 5.41) is 10.0. The molecule has 1 fully saturated rings. The molecule has 1 aliphatic carbocycles. The minimum Gasteiger partial charge on any atom is -0.301 e. The fourth-order valence-electron chi connectivity index (χ4n) is 3.01. The number of thioether (sulfide) groups is 1. The van der Waals surface area contributed by atoms with Gasteiger partial charge >= 0.3 is 0 Å². The molecule has 6 heteroatoms. The molecular weight excluding hydrogens is 378 g/mol. The van der Waals surface area contributed by atoms with Crippen molar-refractivity contribution in [2.75, 3.05) is 0 Å². The van der Waals surface area contributed by atoms with E-state index in [-0.39, 0.29) is 11.0 Å². The third-order valence-electron chi connectivity index (χ3n) is 4.65. The number of carbonyl (C=O) groups is 1. The van der Waals surface area contributed by atoms with Crippen LogP contribution in [0.25, 0.3) is 0 Å². The summed E-state index contributed by atoms with van der Waals surface area (Å²) in [4.78, 5) is 12.8. The lowest BCUT2D eigenvalue weighted by atomic mass is 10.1.